The van der Waals surface area contributed by atoms with Gasteiger partial charge in [-0.15, -0.1) is 11.3 Å². The number of hydrogen-bond acceptors (Lipinski definition) is 3. The smallest absolute Gasteiger partial charge is 0.137 e. The van der Waals surface area contributed by atoms with Gasteiger partial charge in [0.05, 0.1) is 5.69 Å². The monoisotopic (exact) mass is 567 g/mol. The molecule has 0 N–H and O–H groups in total. The van der Waals surface area contributed by atoms with Crippen molar-refractivity contribution in [3.8, 4) is 11.1 Å². The first-order valence-electron chi connectivity index (χ1n) is 14.5. The SMILES string of the molecule is c1ccc(-c2cccc(N(c3ccc4c(c3)oc3ccccc34)c3cccc4sc5cc6ccccc6cc5c34)c2)cc1. The van der Waals surface area contributed by atoms with Crippen molar-refractivity contribution in [3.05, 3.63) is 152 Å². The summed E-state index contributed by atoms with van der Waals surface area (Å²) >= 11 is 1.86. The van der Waals surface area contributed by atoms with E-state index in [0.717, 1.165) is 39.0 Å². The molecule has 3 heteroatoms. The van der Waals surface area contributed by atoms with E-state index in [9.17, 15) is 0 Å². The average Bonchev–Trinajstić information content (AvgIpc) is 3.62. The highest BCUT2D eigenvalue weighted by Crippen LogP contribution is 2.47. The van der Waals surface area contributed by atoms with Crippen molar-refractivity contribution in [1.82, 2.24) is 0 Å². The summed E-state index contributed by atoms with van der Waals surface area (Å²) in [7, 11) is 0. The molecular formula is C40H25NOS. The Morgan fingerprint density at radius 2 is 1.16 bits per heavy atom. The summed E-state index contributed by atoms with van der Waals surface area (Å²) in [6, 6.07) is 54.3. The number of nitrogens with zero attached hydrogens (tertiary/aromatic N) is 1. The molecule has 0 aliphatic carbocycles. The van der Waals surface area contributed by atoms with Crippen LogP contribution in [0.15, 0.2) is 156 Å². The number of benzene rings is 7. The Bertz CT molecular complexity index is 2470. The number of anilines is 3. The van der Waals surface area contributed by atoms with Crippen molar-refractivity contribution in [2.45, 2.75) is 0 Å². The van der Waals surface area contributed by atoms with Gasteiger partial charge >= 0.3 is 0 Å². The topological polar surface area (TPSA) is 16.4 Å². The third-order valence-corrected chi connectivity index (χ3v) is 9.53. The van der Waals surface area contributed by atoms with Gasteiger partial charge in [0.2, 0.25) is 0 Å². The maximum absolute atomic E-state index is 6.37. The molecule has 0 spiro atoms. The van der Waals surface area contributed by atoms with Crippen LogP contribution in [0.25, 0.3) is 64.0 Å². The van der Waals surface area contributed by atoms with Gasteiger partial charge < -0.3 is 9.32 Å². The Kier molecular flexibility index (Phi) is 5.40. The van der Waals surface area contributed by atoms with Crippen LogP contribution in [0.4, 0.5) is 17.1 Å². The minimum Gasteiger partial charge on any atom is -0.456 e. The molecule has 0 aliphatic heterocycles. The van der Waals surface area contributed by atoms with Crippen LogP contribution in [0.3, 0.4) is 0 Å². The van der Waals surface area contributed by atoms with Crippen LogP contribution in [0, 0.1) is 0 Å². The molecule has 202 valence electrons. The minimum atomic E-state index is 0.885. The van der Waals surface area contributed by atoms with E-state index in [2.05, 4.69) is 144 Å². The van der Waals surface area contributed by atoms with E-state index in [0.29, 0.717) is 0 Å². The first-order chi connectivity index (χ1) is 21.3. The molecule has 9 rings (SSSR count). The van der Waals surface area contributed by atoms with Gasteiger partial charge in [-0.25, -0.2) is 0 Å². The fraction of sp³-hybridized carbons (Fsp3) is 0. The Morgan fingerprint density at radius 3 is 2.07 bits per heavy atom. The molecule has 0 amide bonds. The quantitative estimate of drug-likeness (QED) is 0.210. The number of thiophene rings is 1. The normalized spacial score (nSPS) is 11.7. The van der Waals surface area contributed by atoms with Crippen molar-refractivity contribution in [2.75, 3.05) is 4.90 Å². The van der Waals surface area contributed by atoms with Crippen LogP contribution in [0.2, 0.25) is 0 Å². The molecule has 0 aliphatic rings. The minimum absolute atomic E-state index is 0.885. The molecule has 0 bridgehead atoms. The highest BCUT2D eigenvalue weighted by molar-refractivity contribution is 7.26. The predicted molar refractivity (Wildman–Crippen MR) is 184 cm³/mol. The second kappa shape index (κ2) is 9.59. The highest BCUT2D eigenvalue weighted by Gasteiger charge is 2.20. The zero-order valence-electron chi connectivity index (χ0n) is 23.2. The summed E-state index contributed by atoms with van der Waals surface area (Å²) in [5.41, 5.74) is 7.49. The summed E-state index contributed by atoms with van der Waals surface area (Å²) in [4.78, 5) is 2.39. The number of fused-ring (bicyclic) bond motifs is 7. The van der Waals surface area contributed by atoms with E-state index >= 15 is 0 Å². The van der Waals surface area contributed by atoms with Crippen LogP contribution < -0.4 is 4.90 Å². The highest BCUT2D eigenvalue weighted by atomic mass is 32.1. The molecule has 0 fully saturated rings. The molecule has 2 heterocycles. The number of rotatable bonds is 4. The van der Waals surface area contributed by atoms with Gasteiger partial charge in [0, 0.05) is 48.4 Å². The standard InChI is InChI=1S/C40H25NOS/c1-2-10-26(11-3-1)27-14-8-15-30(22-27)41(31-20-21-33-32-16-6-7-18-36(32)42-37(33)25-31)35-17-9-19-38-40(35)34-23-28-12-4-5-13-29(28)24-39(34)43-38/h1-25H. The average molecular weight is 568 g/mol. The van der Waals surface area contributed by atoms with E-state index in [1.165, 1.54) is 42.1 Å². The van der Waals surface area contributed by atoms with Crippen LogP contribution >= 0.6 is 11.3 Å². The predicted octanol–water partition coefficient (Wildman–Crippen LogP) is 12.2. The van der Waals surface area contributed by atoms with Crippen molar-refractivity contribution in [3.63, 3.8) is 0 Å². The molecular weight excluding hydrogens is 543 g/mol. The summed E-state index contributed by atoms with van der Waals surface area (Å²) < 4.78 is 8.95. The van der Waals surface area contributed by atoms with Crippen LogP contribution in [0.5, 0.6) is 0 Å². The lowest BCUT2D eigenvalue weighted by atomic mass is 10.0. The van der Waals surface area contributed by atoms with E-state index in [1.807, 2.05) is 23.5 Å². The first-order valence-corrected chi connectivity index (χ1v) is 15.3. The van der Waals surface area contributed by atoms with Crippen LogP contribution in [0.1, 0.15) is 0 Å². The van der Waals surface area contributed by atoms with Gasteiger partial charge in [0.1, 0.15) is 11.2 Å². The summed E-state index contributed by atoms with van der Waals surface area (Å²) in [5, 5.41) is 7.34. The molecule has 9 aromatic rings. The van der Waals surface area contributed by atoms with Crippen molar-refractivity contribution in [2.24, 2.45) is 0 Å². The maximum Gasteiger partial charge on any atom is 0.137 e. The maximum atomic E-state index is 6.37. The number of hydrogen-bond donors (Lipinski definition) is 0. The molecule has 0 saturated carbocycles. The Labute approximate surface area is 252 Å². The lowest BCUT2D eigenvalue weighted by molar-refractivity contribution is 0.669. The molecule has 7 aromatic carbocycles. The summed E-state index contributed by atoms with van der Waals surface area (Å²) in [5.74, 6) is 0. The lowest BCUT2D eigenvalue weighted by Crippen LogP contribution is -2.10. The van der Waals surface area contributed by atoms with Gasteiger partial charge in [-0.2, -0.15) is 0 Å². The lowest BCUT2D eigenvalue weighted by Gasteiger charge is -2.27. The van der Waals surface area contributed by atoms with Gasteiger partial charge in [-0.05, 0) is 76.5 Å². The molecule has 2 aromatic heterocycles. The molecule has 2 nitrogen and oxygen atoms in total. The van der Waals surface area contributed by atoms with Gasteiger partial charge in [0.15, 0.2) is 0 Å². The fourth-order valence-electron chi connectivity index (χ4n) is 6.42. The fourth-order valence-corrected chi connectivity index (χ4v) is 7.57. The van der Waals surface area contributed by atoms with E-state index < -0.39 is 0 Å². The van der Waals surface area contributed by atoms with Crippen LogP contribution in [-0.2, 0) is 0 Å². The Balaban J connectivity index is 1.33. The molecule has 0 radical (unpaired) electrons. The van der Waals surface area contributed by atoms with Gasteiger partial charge in [-0.3, -0.25) is 0 Å². The molecule has 0 atom stereocenters. The third-order valence-electron chi connectivity index (χ3n) is 8.41. The van der Waals surface area contributed by atoms with Gasteiger partial charge in [-0.1, -0.05) is 91.0 Å². The molecule has 43 heavy (non-hydrogen) atoms. The van der Waals surface area contributed by atoms with Crippen molar-refractivity contribution >= 4 is 81.3 Å². The molecule has 0 unspecified atom stereocenters. The summed E-state index contributed by atoms with van der Waals surface area (Å²) in [6.07, 6.45) is 0. The van der Waals surface area contributed by atoms with Crippen LogP contribution in [-0.4, -0.2) is 0 Å². The van der Waals surface area contributed by atoms with E-state index in [4.69, 9.17) is 4.42 Å². The number of para-hydroxylation sites is 1. The Hall–Kier alpha value is -5.38. The van der Waals surface area contributed by atoms with E-state index in [-0.39, 0.29) is 0 Å². The molecule has 0 saturated heterocycles. The van der Waals surface area contributed by atoms with Crippen molar-refractivity contribution in [1.29, 1.82) is 0 Å². The second-order valence-corrected chi connectivity index (χ2v) is 12.1. The first kappa shape index (κ1) is 24.2. The summed E-state index contributed by atoms with van der Waals surface area (Å²) in [6.45, 7) is 0. The van der Waals surface area contributed by atoms with E-state index in [1.54, 1.807) is 0 Å². The second-order valence-electron chi connectivity index (χ2n) is 11.0. The zero-order valence-corrected chi connectivity index (χ0v) is 24.0. The van der Waals surface area contributed by atoms with Crippen molar-refractivity contribution < 1.29 is 4.42 Å². The largest absolute Gasteiger partial charge is 0.456 e. The van der Waals surface area contributed by atoms with Gasteiger partial charge in [0.25, 0.3) is 0 Å². The third kappa shape index (κ3) is 3.93. The zero-order chi connectivity index (χ0) is 28.3. The Morgan fingerprint density at radius 1 is 0.442 bits per heavy atom. The number of furan rings is 1.